The smallest absolute Gasteiger partial charge is 0.324 e. The van der Waals surface area contributed by atoms with Crippen LogP contribution in [0.4, 0.5) is 0 Å². The van der Waals surface area contributed by atoms with E-state index in [-0.39, 0.29) is 18.7 Å². The Labute approximate surface area is 90.3 Å². The first kappa shape index (κ1) is 13.1. The van der Waals surface area contributed by atoms with E-state index in [9.17, 15) is 9.67 Å². The lowest BCUT2D eigenvalue weighted by molar-refractivity contribution is 0.144. The van der Waals surface area contributed by atoms with Crippen molar-refractivity contribution in [3.63, 3.8) is 0 Å². The lowest BCUT2D eigenvalue weighted by Crippen LogP contribution is -2.35. The van der Waals surface area contributed by atoms with Crippen LogP contribution in [0.5, 0.6) is 0 Å². The van der Waals surface area contributed by atoms with Gasteiger partial charge in [0.05, 0.1) is 12.8 Å². The summed E-state index contributed by atoms with van der Waals surface area (Å²) in [6.45, 7) is 2.52. The molecule has 0 aromatic carbocycles. The first-order chi connectivity index (χ1) is 7.01. The van der Waals surface area contributed by atoms with Crippen LogP contribution in [-0.2, 0) is 9.67 Å². The highest BCUT2D eigenvalue weighted by molar-refractivity contribution is 7.51. The molecular weight excluding hydrogens is 217 g/mol. The fourth-order valence-electron chi connectivity index (χ4n) is 2.02. The molecule has 0 saturated carbocycles. The van der Waals surface area contributed by atoms with Gasteiger partial charge in [0, 0.05) is 6.54 Å². The fraction of sp³-hybridized carbons (Fsp3) is 1.00. The van der Waals surface area contributed by atoms with E-state index in [4.69, 9.17) is 9.79 Å². The molecule has 0 aliphatic carbocycles. The molecule has 0 aromatic heterocycles. The zero-order valence-corrected chi connectivity index (χ0v) is 9.73. The first-order valence-corrected chi connectivity index (χ1v) is 7.16. The third kappa shape index (κ3) is 5.64. The van der Waals surface area contributed by atoms with Gasteiger partial charge in [0.1, 0.15) is 0 Å². The molecule has 1 radical (unpaired) electrons. The summed E-state index contributed by atoms with van der Waals surface area (Å²) in [4.78, 5) is 19.9. The second kappa shape index (κ2) is 5.97. The molecule has 2 N–H and O–H groups in total. The second-order valence-electron chi connectivity index (χ2n) is 4.19. The van der Waals surface area contributed by atoms with Crippen LogP contribution >= 0.6 is 7.60 Å². The van der Waals surface area contributed by atoms with E-state index in [1.807, 2.05) is 0 Å². The summed E-state index contributed by atoms with van der Waals surface area (Å²) in [5.41, 5.74) is 0. The minimum Gasteiger partial charge on any atom is -0.324 e. The molecule has 1 fully saturated rings. The second-order valence-corrected chi connectivity index (χ2v) is 5.88. The van der Waals surface area contributed by atoms with Gasteiger partial charge in [-0.05, 0) is 38.3 Å². The Balaban J connectivity index is 2.21. The summed E-state index contributed by atoms with van der Waals surface area (Å²) in [6, 6.07) is 0. The van der Waals surface area contributed by atoms with Crippen molar-refractivity contribution < 1.29 is 19.5 Å². The highest BCUT2D eigenvalue weighted by Gasteiger charge is 2.25. The summed E-state index contributed by atoms with van der Waals surface area (Å²) in [5.74, 6) is 0.148. The Kier molecular flexibility index (Phi) is 5.23. The molecule has 0 amide bonds. The Bertz CT molecular complexity index is 222. The van der Waals surface area contributed by atoms with Gasteiger partial charge in [-0.2, -0.15) is 0 Å². The summed E-state index contributed by atoms with van der Waals surface area (Å²) in [7, 11) is -3.84. The van der Waals surface area contributed by atoms with Crippen LogP contribution in [-0.4, -0.2) is 47.1 Å². The summed E-state index contributed by atoms with van der Waals surface area (Å²) < 4.78 is 10.8. The topological polar surface area (TPSA) is 80.7 Å². The van der Waals surface area contributed by atoms with E-state index in [2.05, 4.69) is 4.90 Å². The molecule has 0 spiro atoms. The average Bonchev–Trinajstić information content (AvgIpc) is 2.14. The first-order valence-electron chi connectivity index (χ1n) is 5.36. The molecule has 1 heterocycles. The maximum Gasteiger partial charge on any atom is 0.325 e. The Morgan fingerprint density at radius 2 is 1.87 bits per heavy atom. The molecule has 1 aliphatic heterocycles. The van der Waals surface area contributed by atoms with Crippen molar-refractivity contribution in [2.24, 2.45) is 5.92 Å². The van der Waals surface area contributed by atoms with E-state index in [0.29, 0.717) is 6.42 Å². The van der Waals surface area contributed by atoms with Crippen LogP contribution in [0.25, 0.3) is 0 Å². The molecule has 0 aromatic rings. The predicted molar refractivity (Wildman–Crippen MR) is 56.2 cm³/mol. The molecule has 0 bridgehead atoms. The summed E-state index contributed by atoms with van der Waals surface area (Å²) in [6.07, 6.45) is 2.36. The van der Waals surface area contributed by atoms with Crippen LogP contribution in [0.3, 0.4) is 0 Å². The Hall–Kier alpha value is 0.0700. The Morgan fingerprint density at radius 3 is 2.33 bits per heavy atom. The van der Waals surface area contributed by atoms with Crippen LogP contribution in [0.2, 0.25) is 0 Å². The molecular formula is C9H19NO4P. The van der Waals surface area contributed by atoms with Crippen molar-refractivity contribution in [1.82, 2.24) is 4.90 Å². The van der Waals surface area contributed by atoms with Gasteiger partial charge in [0.2, 0.25) is 0 Å². The number of piperidine rings is 1. The monoisotopic (exact) mass is 236 g/mol. The van der Waals surface area contributed by atoms with E-state index in [1.165, 1.54) is 0 Å². The minimum absolute atomic E-state index is 0.0163. The summed E-state index contributed by atoms with van der Waals surface area (Å²) >= 11 is 0. The molecule has 0 atom stereocenters. The molecule has 15 heavy (non-hydrogen) atoms. The maximum absolute atomic E-state index is 10.8. The van der Waals surface area contributed by atoms with Gasteiger partial charge in [-0.1, -0.05) is 0 Å². The van der Waals surface area contributed by atoms with Crippen molar-refractivity contribution in [3.05, 3.63) is 0 Å². The van der Waals surface area contributed by atoms with Crippen molar-refractivity contribution in [1.29, 1.82) is 0 Å². The normalized spacial score (nSPS) is 20.7. The van der Waals surface area contributed by atoms with Crippen molar-refractivity contribution in [3.8, 4) is 0 Å². The van der Waals surface area contributed by atoms with E-state index >= 15 is 0 Å². The largest absolute Gasteiger partial charge is 0.325 e. The number of likely N-dealkylation sites (tertiary alicyclic amines) is 1. The zero-order valence-electron chi connectivity index (χ0n) is 8.84. The van der Waals surface area contributed by atoms with Crippen LogP contribution in [0, 0.1) is 5.92 Å². The SMILES string of the molecule is [O]CCCN1CCC(CP(=O)(O)O)CC1. The molecule has 6 heteroatoms. The lowest BCUT2D eigenvalue weighted by Gasteiger charge is -2.31. The highest BCUT2D eigenvalue weighted by atomic mass is 31.2. The average molecular weight is 236 g/mol. The fourth-order valence-corrected chi connectivity index (χ4v) is 3.05. The van der Waals surface area contributed by atoms with Crippen LogP contribution < -0.4 is 0 Å². The Morgan fingerprint density at radius 1 is 1.27 bits per heavy atom. The lowest BCUT2D eigenvalue weighted by atomic mass is 9.99. The van der Waals surface area contributed by atoms with Gasteiger partial charge in [0.25, 0.3) is 0 Å². The highest BCUT2D eigenvalue weighted by Crippen LogP contribution is 2.39. The van der Waals surface area contributed by atoms with Crippen LogP contribution in [0.1, 0.15) is 19.3 Å². The predicted octanol–water partition coefficient (Wildman–Crippen LogP) is 0.697. The number of hydrogen-bond donors (Lipinski definition) is 2. The molecule has 1 saturated heterocycles. The molecule has 5 nitrogen and oxygen atoms in total. The van der Waals surface area contributed by atoms with Crippen molar-refractivity contribution >= 4 is 7.60 Å². The molecule has 1 aliphatic rings. The van der Waals surface area contributed by atoms with Crippen molar-refractivity contribution in [2.75, 3.05) is 32.4 Å². The number of rotatable bonds is 5. The minimum atomic E-state index is -3.84. The zero-order chi connectivity index (χ0) is 11.3. The van der Waals surface area contributed by atoms with Gasteiger partial charge in [-0.15, -0.1) is 0 Å². The van der Waals surface area contributed by atoms with Crippen LogP contribution in [0.15, 0.2) is 0 Å². The van der Waals surface area contributed by atoms with Gasteiger partial charge in [-0.3, -0.25) is 4.57 Å². The van der Waals surface area contributed by atoms with Gasteiger partial charge in [-0.25, -0.2) is 5.11 Å². The van der Waals surface area contributed by atoms with E-state index < -0.39 is 7.60 Å². The summed E-state index contributed by atoms with van der Waals surface area (Å²) in [5, 5.41) is 10.3. The third-order valence-electron chi connectivity index (χ3n) is 2.82. The standard InChI is InChI=1S/C9H19NO4P/c11-7-1-4-10-5-2-9(3-6-10)8-15(12,13)14/h9H,1-8H2,(H2,12,13,14). The van der Waals surface area contributed by atoms with E-state index in [0.717, 1.165) is 32.5 Å². The van der Waals surface area contributed by atoms with E-state index in [1.54, 1.807) is 0 Å². The van der Waals surface area contributed by atoms with Gasteiger partial charge in [0.15, 0.2) is 0 Å². The molecule has 89 valence electrons. The van der Waals surface area contributed by atoms with Crippen molar-refractivity contribution in [2.45, 2.75) is 19.3 Å². The van der Waals surface area contributed by atoms with Gasteiger partial charge >= 0.3 is 7.60 Å². The molecule has 1 rings (SSSR count). The van der Waals surface area contributed by atoms with Gasteiger partial charge < -0.3 is 14.7 Å². The number of hydrogen-bond acceptors (Lipinski definition) is 2. The third-order valence-corrected chi connectivity index (χ3v) is 3.81. The molecule has 0 unspecified atom stereocenters. The number of nitrogens with zero attached hydrogens (tertiary/aromatic N) is 1. The quantitative estimate of drug-likeness (QED) is 0.688. The maximum atomic E-state index is 10.8.